The number of nitro benzene ring substituents is 1. The zero-order chi connectivity index (χ0) is 24.8. The highest BCUT2D eigenvalue weighted by molar-refractivity contribution is 7.92. The van der Waals surface area contributed by atoms with E-state index in [0.717, 1.165) is 16.6 Å². The van der Waals surface area contributed by atoms with Crippen LogP contribution in [0.15, 0.2) is 48.5 Å². The molecule has 0 aliphatic heterocycles. The molecule has 178 valence electrons. The number of anilines is 1. The Morgan fingerprint density at radius 3 is 2.36 bits per heavy atom. The summed E-state index contributed by atoms with van der Waals surface area (Å²) in [5, 5.41) is 13.7. The van der Waals surface area contributed by atoms with Gasteiger partial charge in [0.25, 0.3) is 5.69 Å². The highest BCUT2D eigenvalue weighted by Crippen LogP contribution is 2.23. The molecule has 0 aliphatic rings. The third-order valence-electron chi connectivity index (χ3n) is 4.79. The average Bonchev–Trinajstić information content (AvgIpc) is 2.75. The van der Waals surface area contributed by atoms with Crippen molar-refractivity contribution in [1.29, 1.82) is 0 Å². The summed E-state index contributed by atoms with van der Waals surface area (Å²) in [6.45, 7) is 2.76. The first kappa shape index (κ1) is 25.7. The number of benzene rings is 2. The third kappa shape index (κ3) is 6.97. The van der Waals surface area contributed by atoms with Gasteiger partial charge in [-0.05, 0) is 37.6 Å². The summed E-state index contributed by atoms with van der Waals surface area (Å²) in [5.74, 6) is -1.63. The van der Waals surface area contributed by atoms with Crippen molar-refractivity contribution < 1.29 is 27.3 Å². The molecule has 0 heterocycles. The van der Waals surface area contributed by atoms with Crippen LogP contribution in [0.3, 0.4) is 0 Å². The molecule has 0 bridgehead atoms. The number of non-ortho nitro benzene ring substituents is 1. The van der Waals surface area contributed by atoms with Gasteiger partial charge < -0.3 is 10.2 Å². The van der Waals surface area contributed by atoms with Crippen molar-refractivity contribution in [3.63, 3.8) is 0 Å². The molecular weight excluding hydrogens is 455 g/mol. The van der Waals surface area contributed by atoms with E-state index in [2.05, 4.69) is 5.32 Å². The highest BCUT2D eigenvalue weighted by atomic mass is 32.2. The zero-order valence-corrected chi connectivity index (χ0v) is 19.2. The number of hydrogen-bond acceptors (Lipinski definition) is 6. The van der Waals surface area contributed by atoms with Gasteiger partial charge in [0.05, 0.1) is 16.9 Å². The molecule has 0 saturated heterocycles. The van der Waals surface area contributed by atoms with Crippen molar-refractivity contribution in [2.75, 3.05) is 23.7 Å². The molecule has 1 N–H and O–H groups in total. The summed E-state index contributed by atoms with van der Waals surface area (Å²) in [6, 6.07) is 9.25. The van der Waals surface area contributed by atoms with Gasteiger partial charge in [0.1, 0.15) is 18.4 Å². The Bertz CT molecular complexity index is 1120. The van der Waals surface area contributed by atoms with Crippen LogP contribution in [0.4, 0.5) is 15.8 Å². The van der Waals surface area contributed by atoms with E-state index in [9.17, 15) is 32.5 Å². The lowest BCUT2D eigenvalue weighted by molar-refractivity contribution is -0.384. The van der Waals surface area contributed by atoms with Crippen molar-refractivity contribution in [2.24, 2.45) is 0 Å². The molecule has 2 amide bonds. The van der Waals surface area contributed by atoms with E-state index in [1.54, 1.807) is 6.92 Å². The van der Waals surface area contributed by atoms with Crippen LogP contribution >= 0.6 is 0 Å². The van der Waals surface area contributed by atoms with Gasteiger partial charge in [-0.25, -0.2) is 12.8 Å². The second-order valence-electron chi connectivity index (χ2n) is 7.27. The van der Waals surface area contributed by atoms with E-state index in [4.69, 9.17) is 0 Å². The molecule has 0 saturated carbocycles. The second-order valence-corrected chi connectivity index (χ2v) is 9.17. The zero-order valence-electron chi connectivity index (χ0n) is 18.4. The minimum Gasteiger partial charge on any atom is -0.355 e. The van der Waals surface area contributed by atoms with E-state index in [0.29, 0.717) is 12.1 Å². The van der Waals surface area contributed by atoms with Crippen LogP contribution in [-0.2, 0) is 26.2 Å². The van der Waals surface area contributed by atoms with Crippen LogP contribution in [0.1, 0.15) is 19.4 Å². The number of carbonyl (C=O) groups is 2. The highest BCUT2D eigenvalue weighted by Gasteiger charge is 2.30. The Labute approximate surface area is 191 Å². The molecule has 1 atom stereocenters. The fraction of sp³-hybridized carbons (Fsp3) is 0.333. The Balaban J connectivity index is 2.41. The molecule has 0 aliphatic carbocycles. The summed E-state index contributed by atoms with van der Waals surface area (Å²) in [4.78, 5) is 37.3. The molecule has 2 aromatic carbocycles. The molecule has 12 heteroatoms. The first-order valence-corrected chi connectivity index (χ1v) is 11.8. The average molecular weight is 481 g/mol. The predicted molar refractivity (Wildman–Crippen MR) is 120 cm³/mol. The monoisotopic (exact) mass is 480 g/mol. The first-order valence-electron chi connectivity index (χ1n) is 9.97. The molecule has 2 rings (SSSR count). The SMILES string of the molecule is CCNC(=O)C(C)N(Cc1ccc(F)cc1)C(=O)CN(c1cccc([N+](=O)[O-])c1)S(C)(=O)=O. The minimum atomic E-state index is -4.01. The lowest BCUT2D eigenvalue weighted by atomic mass is 10.1. The quantitative estimate of drug-likeness (QED) is 0.409. The Hall–Kier alpha value is -3.54. The maximum Gasteiger partial charge on any atom is 0.271 e. The van der Waals surface area contributed by atoms with Crippen LogP contribution in [0.25, 0.3) is 0 Å². The number of hydrogen-bond donors (Lipinski definition) is 1. The minimum absolute atomic E-state index is 0.0626. The molecular formula is C21H25FN4O6S. The smallest absolute Gasteiger partial charge is 0.271 e. The maximum atomic E-state index is 13.3. The normalized spacial score (nSPS) is 12.0. The first-order chi connectivity index (χ1) is 15.4. The number of nitrogens with zero attached hydrogens (tertiary/aromatic N) is 3. The van der Waals surface area contributed by atoms with E-state index >= 15 is 0 Å². The Kier molecular flexibility index (Phi) is 8.46. The number of halogens is 1. The van der Waals surface area contributed by atoms with Crippen molar-refractivity contribution in [3.05, 3.63) is 70.0 Å². The third-order valence-corrected chi connectivity index (χ3v) is 5.93. The van der Waals surface area contributed by atoms with Gasteiger partial charge in [0.15, 0.2) is 0 Å². The van der Waals surface area contributed by atoms with Gasteiger partial charge in [0.2, 0.25) is 21.8 Å². The Morgan fingerprint density at radius 1 is 1.18 bits per heavy atom. The number of rotatable bonds is 10. The molecule has 1 unspecified atom stereocenters. The number of nitrogens with one attached hydrogen (secondary N) is 1. The van der Waals surface area contributed by atoms with Gasteiger partial charge in [-0.1, -0.05) is 18.2 Å². The van der Waals surface area contributed by atoms with Gasteiger partial charge >= 0.3 is 0 Å². The standard InChI is InChI=1S/C21H25FN4O6S/c1-4-23-21(28)15(2)24(13-16-8-10-17(22)11-9-16)20(27)14-25(33(3,31)32)18-6-5-7-19(12-18)26(29)30/h5-12,15H,4,13-14H2,1-3H3,(H,23,28). The van der Waals surface area contributed by atoms with Crippen molar-refractivity contribution >= 4 is 33.2 Å². The van der Waals surface area contributed by atoms with E-state index < -0.39 is 45.2 Å². The predicted octanol–water partition coefficient (Wildman–Crippen LogP) is 2.05. The van der Waals surface area contributed by atoms with E-state index in [-0.39, 0.29) is 17.9 Å². The van der Waals surface area contributed by atoms with Gasteiger partial charge in [-0.15, -0.1) is 0 Å². The fourth-order valence-electron chi connectivity index (χ4n) is 3.07. The lowest BCUT2D eigenvalue weighted by Crippen LogP contribution is -2.51. The van der Waals surface area contributed by atoms with E-state index in [1.807, 2.05) is 0 Å². The van der Waals surface area contributed by atoms with E-state index in [1.165, 1.54) is 54.3 Å². The molecule has 0 aromatic heterocycles. The van der Waals surface area contributed by atoms with Crippen molar-refractivity contribution in [3.8, 4) is 0 Å². The summed E-state index contributed by atoms with van der Waals surface area (Å²) in [5.41, 5.74) is 0.127. The lowest BCUT2D eigenvalue weighted by Gasteiger charge is -2.31. The van der Waals surface area contributed by atoms with Gasteiger partial charge in [0, 0.05) is 25.2 Å². The van der Waals surface area contributed by atoms with Crippen LogP contribution in [0.5, 0.6) is 0 Å². The fourth-order valence-corrected chi connectivity index (χ4v) is 3.91. The number of amides is 2. The number of sulfonamides is 1. The molecule has 0 radical (unpaired) electrons. The van der Waals surface area contributed by atoms with Crippen molar-refractivity contribution in [2.45, 2.75) is 26.4 Å². The topological polar surface area (TPSA) is 130 Å². The summed E-state index contributed by atoms with van der Waals surface area (Å²) in [6.07, 6.45) is 0.872. The van der Waals surface area contributed by atoms with Crippen LogP contribution in [-0.4, -0.2) is 55.4 Å². The molecule has 0 fully saturated rings. The summed E-state index contributed by atoms with van der Waals surface area (Å²) < 4.78 is 38.9. The molecule has 2 aromatic rings. The van der Waals surface area contributed by atoms with Gasteiger partial charge in [-0.3, -0.25) is 24.0 Å². The molecule has 0 spiro atoms. The Morgan fingerprint density at radius 2 is 1.82 bits per heavy atom. The van der Waals surface area contributed by atoms with Crippen LogP contribution < -0.4 is 9.62 Å². The largest absolute Gasteiger partial charge is 0.355 e. The second kappa shape index (κ2) is 10.9. The van der Waals surface area contributed by atoms with Crippen LogP contribution in [0.2, 0.25) is 0 Å². The number of carbonyl (C=O) groups excluding carboxylic acids is 2. The maximum absolute atomic E-state index is 13.3. The van der Waals surface area contributed by atoms with Crippen LogP contribution in [0, 0.1) is 15.9 Å². The summed E-state index contributed by atoms with van der Waals surface area (Å²) >= 11 is 0. The van der Waals surface area contributed by atoms with Gasteiger partial charge in [-0.2, -0.15) is 0 Å². The molecule has 33 heavy (non-hydrogen) atoms. The van der Waals surface area contributed by atoms with Crippen molar-refractivity contribution in [1.82, 2.24) is 10.2 Å². The summed E-state index contributed by atoms with van der Waals surface area (Å²) in [7, 11) is -4.01. The number of likely N-dealkylation sites (N-methyl/N-ethyl adjacent to an activating group) is 1. The molecule has 10 nitrogen and oxygen atoms in total. The number of nitro groups is 1.